The first kappa shape index (κ1) is 53.2. The number of nitrogens with zero attached hydrogens (tertiary/aromatic N) is 7. The minimum Gasteiger partial charge on any atom is -0.490 e. The van der Waals surface area contributed by atoms with Crippen molar-refractivity contribution in [3.05, 3.63) is 70.1 Å². The number of rotatable bonds is 14. The molecule has 0 bridgehead atoms. The summed E-state index contributed by atoms with van der Waals surface area (Å²) < 4.78 is 6.75. The third-order valence-electron chi connectivity index (χ3n) is 14.4. The van der Waals surface area contributed by atoms with Crippen molar-refractivity contribution in [2.24, 2.45) is 17.1 Å². The van der Waals surface area contributed by atoms with E-state index in [0.29, 0.717) is 79.2 Å². The number of thiazole rings is 1. The molecule has 4 saturated heterocycles. The number of carbonyl (C=O) groups is 4. The third-order valence-corrected chi connectivity index (χ3v) is 16.9. The molecule has 0 radical (unpaired) electrons. The van der Waals surface area contributed by atoms with Crippen LogP contribution in [-0.2, 0) is 32.3 Å². The lowest BCUT2D eigenvalue weighted by Gasteiger charge is -2.38. The van der Waals surface area contributed by atoms with Gasteiger partial charge >= 0.3 is 0 Å². The number of aryl methyl sites for hydroxylation is 1. The number of aliphatic hydroxyl groups excluding tert-OH is 2. The average Bonchev–Trinajstić information content (AvgIpc) is 3.98. The fourth-order valence-electron chi connectivity index (χ4n) is 10.1. The van der Waals surface area contributed by atoms with Crippen molar-refractivity contribution >= 4 is 69.8 Å². The average molecular weight is 1050 g/mol. The Morgan fingerprint density at radius 2 is 1.74 bits per heavy atom. The van der Waals surface area contributed by atoms with Gasteiger partial charge in [0, 0.05) is 100 Å². The van der Waals surface area contributed by atoms with Crippen LogP contribution in [0.1, 0.15) is 96.5 Å². The van der Waals surface area contributed by atoms with E-state index in [-0.39, 0.29) is 55.5 Å². The topological polar surface area (TPSA) is 220 Å². The summed E-state index contributed by atoms with van der Waals surface area (Å²) in [4.78, 5) is 77.3. The van der Waals surface area contributed by atoms with Crippen molar-refractivity contribution < 1.29 is 34.1 Å². The molecule has 6 heterocycles. The monoisotopic (exact) mass is 1040 g/mol. The predicted molar refractivity (Wildman–Crippen MR) is 280 cm³/mol. The van der Waals surface area contributed by atoms with Crippen molar-refractivity contribution in [3.8, 4) is 16.2 Å². The number of aliphatic hydroxyl groups is 2. The first-order chi connectivity index (χ1) is 34.3. The number of hydrogen-bond donors (Lipinski definition) is 5. The number of aromatic nitrogens is 3. The molecule has 2 aromatic heterocycles. The van der Waals surface area contributed by atoms with E-state index in [9.17, 15) is 29.4 Å². The molecule has 3 atom stereocenters. The van der Waals surface area contributed by atoms with Gasteiger partial charge in [0.05, 0.1) is 45.7 Å². The summed E-state index contributed by atoms with van der Waals surface area (Å²) in [6.07, 6.45) is 5.11. The molecule has 20 heteroatoms. The molecular formula is C52H69ClN10O7S2. The molecule has 0 unspecified atom stereocenters. The number of anilines is 2. The number of benzene rings is 2. The summed E-state index contributed by atoms with van der Waals surface area (Å²) in [5, 5.41) is 27.9. The van der Waals surface area contributed by atoms with Crippen molar-refractivity contribution in [2.45, 2.75) is 139 Å². The van der Waals surface area contributed by atoms with Gasteiger partial charge in [-0.25, -0.2) is 15.0 Å². The highest BCUT2D eigenvalue weighted by molar-refractivity contribution is 7.99. The van der Waals surface area contributed by atoms with E-state index in [1.54, 1.807) is 11.7 Å². The number of halogens is 1. The molecule has 0 spiro atoms. The van der Waals surface area contributed by atoms with Gasteiger partial charge in [0.25, 0.3) is 0 Å². The number of nitrogens with one attached hydrogen (secondary N) is 2. The van der Waals surface area contributed by atoms with E-state index in [4.69, 9.17) is 32.0 Å². The number of amides is 4. The lowest BCUT2D eigenvalue weighted by Crippen LogP contribution is -2.57. The van der Waals surface area contributed by atoms with Crippen LogP contribution in [-0.4, -0.2) is 134 Å². The molecule has 388 valence electrons. The summed E-state index contributed by atoms with van der Waals surface area (Å²) in [7, 11) is 0. The maximum Gasteiger partial charge on any atom is 0.246 e. The predicted octanol–water partition coefficient (Wildman–Crippen LogP) is 5.94. The van der Waals surface area contributed by atoms with Crippen molar-refractivity contribution in [3.63, 3.8) is 0 Å². The van der Waals surface area contributed by atoms with E-state index in [1.165, 1.54) is 34.9 Å². The zero-order valence-electron chi connectivity index (χ0n) is 42.2. The lowest BCUT2D eigenvalue weighted by molar-refractivity contribution is -0.143. The molecule has 72 heavy (non-hydrogen) atoms. The van der Waals surface area contributed by atoms with Crippen LogP contribution in [0.2, 0.25) is 5.02 Å². The second-order valence-electron chi connectivity index (χ2n) is 21.1. The number of hydrogen-bond acceptors (Lipinski definition) is 15. The Morgan fingerprint density at radius 3 is 2.39 bits per heavy atom. The molecule has 2 aromatic carbocycles. The van der Waals surface area contributed by atoms with Gasteiger partial charge < -0.3 is 50.9 Å². The van der Waals surface area contributed by atoms with Gasteiger partial charge in [-0.1, -0.05) is 62.3 Å². The smallest absolute Gasteiger partial charge is 0.246 e. The second-order valence-corrected chi connectivity index (χ2v) is 23.4. The maximum atomic E-state index is 14.0. The van der Waals surface area contributed by atoms with Gasteiger partial charge in [0.2, 0.25) is 23.6 Å². The highest BCUT2D eigenvalue weighted by Gasteiger charge is 2.44. The van der Waals surface area contributed by atoms with Crippen LogP contribution in [0, 0.1) is 18.3 Å². The van der Waals surface area contributed by atoms with Crippen LogP contribution in [0.3, 0.4) is 0 Å². The molecule has 17 nitrogen and oxygen atoms in total. The zero-order chi connectivity index (χ0) is 51.5. The standard InChI is InChI=1S/C52H69ClN10O7S2/c1-31-45(71-30-57-31)34-10-11-35(26-56-48(67)40-25-36(66)28-63(40)50(69)46(51(3,4)5)58-32(2)65)41(24-34)70-37-14-20-62(21-15-37)49(68)33-12-18-60(19-13-33)39-8-7-9-42(44(39)53)72-43-27-55-47(38(29-64)59-43)61-22-16-52(6,54)17-23-61/h7-11,24,27,30,33,36-37,40,46,64,66H,12-23,25-26,28-29,54H2,1-6H3,(H,56,67)(H,58,65)/t36-,40+,46-/m1/s1. The molecule has 4 aliphatic heterocycles. The SMILES string of the molecule is CC(=O)N[C@H](C(=O)N1C[C@H](O)C[C@H]1C(=O)NCc1ccc(-c2scnc2C)cc1OC1CCN(C(=O)C2CCN(c3cccc(Sc4cnc(N5CCC(C)(N)CC5)c(CO)n4)c3Cl)CC2)CC1)C(C)(C)C. The molecule has 4 aliphatic rings. The van der Waals surface area contributed by atoms with Crippen molar-refractivity contribution in [1.29, 1.82) is 0 Å². The van der Waals surface area contributed by atoms with Gasteiger partial charge in [-0.05, 0) is 68.7 Å². The first-order valence-electron chi connectivity index (χ1n) is 25.0. The number of carbonyl (C=O) groups excluding carboxylic acids is 4. The number of likely N-dealkylation sites (tertiary alicyclic amines) is 2. The van der Waals surface area contributed by atoms with Gasteiger partial charge in [0.1, 0.15) is 34.7 Å². The first-order valence-corrected chi connectivity index (χ1v) is 27.1. The normalized spacial score (nSPS) is 20.4. The lowest BCUT2D eigenvalue weighted by atomic mass is 9.85. The Hall–Kier alpha value is -5.05. The molecule has 4 fully saturated rings. The Bertz CT molecular complexity index is 2600. The van der Waals surface area contributed by atoms with E-state index < -0.39 is 35.4 Å². The van der Waals surface area contributed by atoms with Crippen molar-refractivity contribution in [1.82, 2.24) is 35.4 Å². The van der Waals surface area contributed by atoms with E-state index in [2.05, 4.69) is 32.3 Å². The quantitative estimate of drug-likeness (QED) is 0.0988. The van der Waals surface area contributed by atoms with Crippen LogP contribution in [0.4, 0.5) is 11.5 Å². The molecule has 4 aromatic rings. The van der Waals surface area contributed by atoms with Crippen LogP contribution in [0.25, 0.3) is 10.4 Å². The zero-order valence-corrected chi connectivity index (χ0v) is 44.5. The molecule has 4 amide bonds. The molecule has 8 rings (SSSR count). The largest absolute Gasteiger partial charge is 0.490 e. The summed E-state index contributed by atoms with van der Waals surface area (Å²) in [5.41, 5.74) is 11.3. The Balaban J connectivity index is 0.862. The number of ether oxygens (including phenoxy) is 1. The van der Waals surface area contributed by atoms with Gasteiger partial charge in [0.15, 0.2) is 5.82 Å². The fourth-order valence-corrected chi connectivity index (χ4v) is 12.1. The van der Waals surface area contributed by atoms with Crippen LogP contribution >= 0.6 is 34.7 Å². The van der Waals surface area contributed by atoms with E-state index in [1.807, 2.05) is 69.0 Å². The highest BCUT2D eigenvalue weighted by Crippen LogP contribution is 2.41. The van der Waals surface area contributed by atoms with Gasteiger partial charge in [-0.15, -0.1) is 11.3 Å². The van der Waals surface area contributed by atoms with E-state index in [0.717, 1.165) is 58.2 Å². The molecule has 0 saturated carbocycles. The number of nitrogens with two attached hydrogens (primary N) is 1. The number of piperidine rings is 3. The summed E-state index contributed by atoms with van der Waals surface area (Å²) in [6, 6.07) is 10.1. The third kappa shape index (κ3) is 12.5. The van der Waals surface area contributed by atoms with Gasteiger partial charge in [-0.2, -0.15) is 0 Å². The Labute approximate surface area is 435 Å². The van der Waals surface area contributed by atoms with Crippen LogP contribution < -0.4 is 30.9 Å². The molecule has 6 N–H and O–H groups in total. The Morgan fingerprint density at radius 1 is 1.01 bits per heavy atom. The minimum absolute atomic E-state index is 0.0131. The number of β-amino-alcohol motifs (C(OH)–C–C–N with tert-alkyl or cyclic N) is 1. The second kappa shape index (κ2) is 22.6. The fraction of sp³-hybridized carbons (Fsp3) is 0.558. The van der Waals surface area contributed by atoms with Gasteiger partial charge in [-0.3, -0.25) is 19.2 Å². The molecule has 0 aliphatic carbocycles. The summed E-state index contributed by atoms with van der Waals surface area (Å²) >= 11 is 10.0. The highest BCUT2D eigenvalue weighted by atomic mass is 35.5. The summed E-state index contributed by atoms with van der Waals surface area (Å²) in [6.45, 7) is 14.8. The summed E-state index contributed by atoms with van der Waals surface area (Å²) in [5.74, 6) is 0.184. The van der Waals surface area contributed by atoms with Crippen LogP contribution in [0.5, 0.6) is 5.75 Å². The van der Waals surface area contributed by atoms with Crippen LogP contribution in [0.15, 0.2) is 58.0 Å². The van der Waals surface area contributed by atoms with Crippen molar-refractivity contribution in [2.75, 3.05) is 55.6 Å². The minimum atomic E-state index is -0.918. The Kier molecular flexibility index (Phi) is 16.7. The molecular weight excluding hydrogens is 976 g/mol. The van der Waals surface area contributed by atoms with E-state index >= 15 is 0 Å². The maximum absolute atomic E-state index is 14.0.